The van der Waals surface area contributed by atoms with E-state index in [0.29, 0.717) is 41.0 Å². The maximum atomic E-state index is 12.7. The van der Waals surface area contributed by atoms with Crippen molar-refractivity contribution in [2.75, 3.05) is 50.7 Å². The van der Waals surface area contributed by atoms with E-state index in [-0.39, 0.29) is 5.11 Å². The van der Waals surface area contributed by atoms with Gasteiger partial charge in [0.15, 0.2) is 5.11 Å². The summed E-state index contributed by atoms with van der Waals surface area (Å²) in [5.41, 5.74) is 1.89. The number of nitrogens with one attached hydrogen (secondary N) is 2. The fourth-order valence-corrected chi connectivity index (χ4v) is 3.53. The van der Waals surface area contributed by atoms with Crippen LogP contribution in [0.5, 0.6) is 11.5 Å². The largest absolute Gasteiger partial charge is 0.497 e. The van der Waals surface area contributed by atoms with Gasteiger partial charge in [0, 0.05) is 19.2 Å². The zero-order valence-corrected chi connectivity index (χ0v) is 17.7. The van der Waals surface area contributed by atoms with Gasteiger partial charge in [0.1, 0.15) is 11.5 Å². The van der Waals surface area contributed by atoms with Crippen molar-refractivity contribution in [1.29, 1.82) is 0 Å². The molecule has 7 nitrogen and oxygen atoms in total. The average Bonchev–Trinajstić information content (AvgIpc) is 2.73. The first-order valence-electron chi connectivity index (χ1n) is 8.99. The van der Waals surface area contributed by atoms with Gasteiger partial charge in [-0.1, -0.05) is 17.7 Å². The molecule has 0 aliphatic carbocycles. The Bertz CT molecular complexity index is 903. The zero-order chi connectivity index (χ0) is 20.8. The maximum absolute atomic E-state index is 12.7. The van der Waals surface area contributed by atoms with Gasteiger partial charge in [0.25, 0.3) is 5.91 Å². The van der Waals surface area contributed by atoms with E-state index in [1.54, 1.807) is 25.3 Å². The summed E-state index contributed by atoms with van der Waals surface area (Å²) in [5.74, 6) is 0.589. The molecule has 3 rings (SSSR count). The fraction of sp³-hybridized carbons (Fsp3) is 0.300. The van der Waals surface area contributed by atoms with Gasteiger partial charge in [-0.3, -0.25) is 10.1 Å². The summed E-state index contributed by atoms with van der Waals surface area (Å²) >= 11 is 11.8. The molecule has 1 aliphatic rings. The molecule has 0 saturated carbocycles. The number of ether oxygens (including phenoxy) is 3. The standard InChI is InChI=1S/C20H22ClN3O4S/c1-26-13-6-7-14(17(12-13)27-2)19(25)23-20(29)22-16-5-3-4-15(21)18(16)24-8-10-28-11-9-24/h3-7,12H,8-11H2,1-2H3,(H2,22,23,25,29). The van der Waals surface area contributed by atoms with E-state index in [2.05, 4.69) is 15.5 Å². The van der Waals surface area contributed by atoms with E-state index in [1.165, 1.54) is 7.11 Å². The molecule has 1 heterocycles. The number of anilines is 2. The molecule has 1 saturated heterocycles. The van der Waals surface area contributed by atoms with Gasteiger partial charge in [-0.2, -0.15) is 0 Å². The van der Waals surface area contributed by atoms with E-state index in [1.807, 2.05) is 18.2 Å². The lowest BCUT2D eigenvalue weighted by atomic mass is 10.2. The van der Waals surface area contributed by atoms with E-state index in [9.17, 15) is 4.79 Å². The number of para-hydroxylation sites is 1. The minimum atomic E-state index is -0.392. The molecular formula is C20H22ClN3O4S. The molecule has 1 aliphatic heterocycles. The predicted octanol–water partition coefficient (Wildman–Crippen LogP) is 3.32. The molecule has 0 radical (unpaired) electrons. The highest BCUT2D eigenvalue weighted by molar-refractivity contribution is 7.80. The zero-order valence-electron chi connectivity index (χ0n) is 16.2. The third kappa shape index (κ3) is 5.09. The number of halogens is 1. The monoisotopic (exact) mass is 435 g/mol. The van der Waals surface area contributed by atoms with Crippen LogP contribution in [0, 0.1) is 0 Å². The number of hydrogen-bond acceptors (Lipinski definition) is 6. The summed E-state index contributed by atoms with van der Waals surface area (Å²) in [5, 5.41) is 6.51. The van der Waals surface area contributed by atoms with E-state index < -0.39 is 5.91 Å². The number of benzene rings is 2. The molecule has 0 aromatic heterocycles. The van der Waals surface area contributed by atoms with Gasteiger partial charge < -0.3 is 24.4 Å². The number of hydrogen-bond donors (Lipinski definition) is 2. The van der Waals surface area contributed by atoms with Crippen LogP contribution in [-0.2, 0) is 4.74 Å². The van der Waals surface area contributed by atoms with E-state index >= 15 is 0 Å². The van der Waals surface area contributed by atoms with Crippen LogP contribution in [-0.4, -0.2) is 51.5 Å². The van der Waals surface area contributed by atoms with Gasteiger partial charge >= 0.3 is 0 Å². The highest BCUT2D eigenvalue weighted by Crippen LogP contribution is 2.34. The maximum Gasteiger partial charge on any atom is 0.261 e. The predicted molar refractivity (Wildman–Crippen MR) is 118 cm³/mol. The lowest BCUT2D eigenvalue weighted by Crippen LogP contribution is -2.38. The third-order valence-corrected chi connectivity index (χ3v) is 4.95. The van der Waals surface area contributed by atoms with Crippen LogP contribution in [0.1, 0.15) is 10.4 Å². The van der Waals surface area contributed by atoms with Crippen molar-refractivity contribution < 1.29 is 19.0 Å². The van der Waals surface area contributed by atoms with Crippen molar-refractivity contribution in [2.24, 2.45) is 0 Å². The topological polar surface area (TPSA) is 72.1 Å². The van der Waals surface area contributed by atoms with Crippen molar-refractivity contribution >= 4 is 46.2 Å². The molecule has 29 heavy (non-hydrogen) atoms. The van der Waals surface area contributed by atoms with Crippen LogP contribution in [0.15, 0.2) is 36.4 Å². The average molecular weight is 436 g/mol. The van der Waals surface area contributed by atoms with Crippen molar-refractivity contribution in [1.82, 2.24) is 5.32 Å². The highest BCUT2D eigenvalue weighted by Gasteiger charge is 2.20. The Hall–Kier alpha value is -2.55. The second-order valence-electron chi connectivity index (χ2n) is 6.21. The minimum Gasteiger partial charge on any atom is -0.497 e. The number of rotatable bonds is 5. The van der Waals surface area contributed by atoms with Gasteiger partial charge in [0.2, 0.25) is 0 Å². The molecule has 9 heteroatoms. The lowest BCUT2D eigenvalue weighted by Gasteiger charge is -2.31. The molecule has 0 unspecified atom stereocenters. The lowest BCUT2D eigenvalue weighted by molar-refractivity contribution is 0.0974. The van der Waals surface area contributed by atoms with Crippen LogP contribution in [0.3, 0.4) is 0 Å². The smallest absolute Gasteiger partial charge is 0.261 e. The Morgan fingerprint density at radius 2 is 1.93 bits per heavy atom. The van der Waals surface area contributed by atoms with Crippen LogP contribution >= 0.6 is 23.8 Å². The molecule has 0 atom stereocenters. The quantitative estimate of drug-likeness (QED) is 0.698. The van der Waals surface area contributed by atoms with E-state index in [0.717, 1.165) is 18.8 Å². The Morgan fingerprint density at radius 3 is 2.62 bits per heavy atom. The van der Waals surface area contributed by atoms with Crippen LogP contribution in [0.4, 0.5) is 11.4 Å². The van der Waals surface area contributed by atoms with Gasteiger partial charge in [0.05, 0.1) is 49.4 Å². The SMILES string of the molecule is COc1ccc(C(=O)NC(=S)Nc2cccc(Cl)c2N2CCOCC2)c(OC)c1. The Kier molecular flexibility index (Phi) is 7.13. The molecule has 2 N–H and O–H groups in total. The first-order chi connectivity index (χ1) is 14.0. The number of nitrogens with zero attached hydrogens (tertiary/aromatic N) is 1. The van der Waals surface area contributed by atoms with Gasteiger partial charge in [-0.05, 0) is 36.5 Å². The summed E-state index contributed by atoms with van der Waals surface area (Å²) in [6.07, 6.45) is 0. The molecule has 2 aromatic rings. The Morgan fingerprint density at radius 1 is 1.17 bits per heavy atom. The second-order valence-corrected chi connectivity index (χ2v) is 7.03. The first kappa shape index (κ1) is 21.2. The van der Waals surface area contributed by atoms with Crippen molar-refractivity contribution in [2.45, 2.75) is 0 Å². The molecule has 1 fully saturated rings. The normalized spacial score (nSPS) is 13.6. The van der Waals surface area contributed by atoms with Crippen molar-refractivity contribution in [3.63, 3.8) is 0 Å². The van der Waals surface area contributed by atoms with Crippen molar-refractivity contribution in [3.8, 4) is 11.5 Å². The third-order valence-electron chi connectivity index (χ3n) is 4.44. The molecule has 1 amide bonds. The second kappa shape index (κ2) is 9.78. The number of amides is 1. The van der Waals surface area contributed by atoms with E-state index in [4.69, 9.17) is 38.0 Å². The summed E-state index contributed by atoms with van der Waals surface area (Å²) in [6, 6.07) is 10.4. The minimum absolute atomic E-state index is 0.157. The highest BCUT2D eigenvalue weighted by atomic mass is 35.5. The molecule has 0 bridgehead atoms. The molecular weight excluding hydrogens is 414 g/mol. The summed E-state index contributed by atoms with van der Waals surface area (Å²) in [7, 11) is 3.04. The van der Waals surface area contributed by atoms with Crippen LogP contribution in [0.25, 0.3) is 0 Å². The number of methoxy groups -OCH3 is 2. The first-order valence-corrected chi connectivity index (χ1v) is 9.77. The molecule has 0 spiro atoms. The summed E-state index contributed by atoms with van der Waals surface area (Å²) < 4.78 is 15.9. The Labute approximate surface area is 179 Å². The number of thiocarbonyl (C=S) groups is 1. The fourth-order valence-electron chi connectivity index (χ4n) is 3.03. The Balaban J connectivity index is 1.74. The number of morpholine rings is 1. The molecule has 154 valence electrons. The number of carbonyl (C=O) groups is 1. The number of carbonyl (C=O) groups excluding carboxylic acids is 1. The van der Waals surface area contributed by atoms with Crippen LogP contribution < -0.4 is 25.0 Å². The van der Waals surface area contributed by atoms with Crippen LogP contribution in [0.2, 0.25) is 5.02 Å². The summed E-state index contributed by atoms with van der Waals surface area (Å²) in [4.78, 5) is 14.8. The van der Waals surface area contributed by atoms with Crippen molar-refractivity contribution in [3.05, 3.63) is 47.0 Å². The van der Waals surface area contributed by atoms with Gasteiger partial charge in [-0.15, -0.1) is 0 Å². The summed E-state index contributed by atoms with van der Waals surface area (Å²) in [6.45, 7) is 2.70. The molecule has 2 aromatic carbocycles. The van der Waals surface area contributed by atoms with Gasteiger partial charge in [-0.25, -0.2) is 0 Å².